The number of alkyl halides is 2. The van der Waals surface area contributed by atoms with Gasteiger partial charge in [-0.05, 0) is 48.4 Å². The summed E-state index contributed by atoms with van der Waals surface area (Å²) in [6.07, 6.45) is 1.91. The maximum absolute atomic E-state index is 12.4. The summed E-state index contributed by atoms with van der Waals surface area (Å²) >= 11 is 7.94. The average Bonchev–Trinajstić information content (AvgIpc) is 3.36. The molecule has 32 heavy (non-hydrogen) atoms. The van der Waals surface area contributed by atoms with Crippen LogP contribution in [0.5, 0.6) is 0 Å². The van der Waals surface area contributed by atoms with Crippen LogP contribution in [0.3, 0.4) is 0 Å². The summed E-state index contributed by atoms with van der Waals surface area (Å²) in [6, 6.07) is 17.7. The van der Waals surface area contributed by atoms with Gasteiger partial charge in [-0.3, -0.25) is 4.79 Å². The molecular formula is C22H16ClF2N3O2S2. The van der Waals surface area contributed by atoms with Gasteiger partial charge in [0.05, 0.1) is 16.5 Å². The van der Waals surface area contributed by atoms with E-state index in [0.717, 1.165) is 11.1 Å². The van der Waals surface area contributed by atoms with Gasteiger partial charge >= 0.3 is 0 Å². The highest BCUT2D eigenvalue weighted by Gasteiger charge is 2.30. The topological polar surface area (TPSA) is 67.0 Å². The number of thioether (sulfide) groups is 2. The largest absolute Gasteiger partial charge is 0.455 e. The van der Waals surface area contributed by atoms with Crippen LogP contribution in [-0.2, 0) is 11.2 Å². The van der Waals surface area contributed by atoms with Crippen molar-refractivity contribution >= 4 is 52.4 Å². The predicted molar refractivity (Wildman–Crippen MR) is 126 cm³/mol. The number of benzene rings is 2. The number of halogens is 3. The summed E-state index contributed by atoms with van der Waals surface area (Å²) in [6.45, 7) is 0. The first-order valence-corrected chi connectivity index (χ1v) is 11.6. The molecule has 5 nitrogen and oxygen atoms in total. The highest BCUT2D eigenvalue weighted by Crippen LogP contribution is 2.29. The van der Waals surface area contributed by atoms with Crippen molar-refractivity contribution in [3.63, 3.8) is 0 Å². The molecule has 0 spiro atoms. The number of carbonyl (C=O) groups is 1. The van der Waals surface area contributed by atoms with Crippen LogP contribution in [0.15, 0.2) is 80.2 Å². The van der Waals surface area contributed by atoms with Crippen molar-refractivity contribution < 1.29 is 18.0 Å². The minimum absolute atomic E-state index is 0.172. The maximum atomic E-state index is 12.4. The second-order valence-corrected chi connectivity index (χ2v) is 9.32. The lowest BCUT2D eigenvalue weighted by Crippen LogP contribution is -2.25. The van der Waals surface area contributed by atoms with E-state index < -0.39 is 5.76 Å². The third kappa shape index (κ3) is 5.79. The van der Waals surface area contributed by atoms with Crippen LogP contribution < -0.4 is 5.32 Å². The van der Waals surface area contributed by atoms with E-state index in [9.17, 15) is 13.6 Å². The first kappa shape index (κ1) is 22.6. The summed E-state index contributed by atoms with van der Waals surface area (Å²) in [5, 5.41) is 11.3. The lowest BCUT2D eigenvalue weighted by molar-refractivity contribution is -0.118. The van der Waals surface area contributed by atoms with Gasteiger partial charge in [0, 0.05) is 10.5 Å². The fraction of sp³-hybridized carbons (Fsp3) is 0.136. The fourth-order valence-electron chi connectivity index (χ4n) is 2.97. The van der Waals surface area contributed by atoms with Crippen molar-refractivity contribution in [3.8, 4) is 11.3 Å². The van der Waals surface area contributed by atoms with E-state index >= 15 is 0 Å². The van der Waals surface area contributed by atoms with Gasteiger partial charge in [0.1, 0.15) is 11.5 Å². The Labute approximate surface area is 196 Å². The van der Waals surface area contributed by atoms with E-state index in [1.165, 1.54) is 18.0 Å². The quantitative estimate of drug-likeness (QED) is 0.247. The van der Waals surface area contributed by atoms with Gasteiger partial charge in [-0.2, -0.15) is 13.9 Å². The highest BCUT2D eigenvalue weighted by atomic mass is 35.5. The Kier molecular flexibility index (Phi) is 7.29. The SMILES string of the molecule is O=C1NC(=NN=Cc2ccc(-c3ccccc3Cl)o2)SC1Cc1ccc(SC(F)F)cc1. The molecule has 1 unspecified atom stereocenters. The normalized spacial score (nSPS) is 17.6. The summed E-state index contributed by atoms with van der Waals surface area (Å²) < 4.78 is 30.6. The first-order valence-electron chi connectivity index (χ1n) is 9.45. The third-order valence-electron chi connectivity index (χ3n) is 4.45. The van der Waals surface area contributed by atoms with Crippen LogP contribution in [0.25, 0.3) is 11.3 Å². The van der Waals surface area contributed by atoms with Crippen LogP contribution in [0, 0.1) is 0 Å². The molecule has 0 saturated carbocycles. The Morgan fingerprint density at radius 3 is 2.69 bits per heavy atom. The molecule has 1 aliphatic rings. The van der Waals surface area contributed by atoms with E-state index in [2.05, 4.69) is 15.5 Å². The first-order chi connectivity index (χ1) is 15.5. The molecule has 4 rings (SSSR count). The number of amidine groups is 1. The molecular weight excluding hydrogens is 476 g/mol. The van der Waals surface area contributed by atoms with Gasteiger partial charge < -0.3 is 9.73 Å². The van der Waals surface area contributed by atoms with Crippen LogP contribution in [0.4, 0.5) is 8.78 Å². The third-order valence-corrected chi connectivity index (χ3v) is 6.57. The summed E-state index contributed by atoms with van der Waals surface area (Å²) in [5.41, 5.74) is 1.66. The lowest BCUT2D eigenvalue weighted by Gasteiger charge is -2.06. The molecule has 1 aromatic heterocycles. The Morgan fingerprint density at radius 1 is 1.16 bits per heavy atom. The molecule has 2 aromatic carbocycles. The molecule has 10 heteroatoms. The van der Waals surface area contributed by atoms with Gasteiger partial charge in [0.2, 0.25) is 5.91 Å². The number of hydrogen-bond donors (Lipinski definition) is 1. The fourth-order valence-corrected chi connectivity index (χ4v) is 4.67. The van der Waals surface area contributed by atoms with Crippen molar-refractivity contribution in [1.82, 2.24) is 5.32 Å². The van der Waals surface area contributed by atoms with E-state index in [4.69, 9.17) is 16.0 Å². The second kappa shape index (κ2) is 10.3. The molecule has 0 aliphatic carbocycles. The second-order valence-electron chi connectivity index (χ2n) is 6.65. The Hall–Kier alpha value is -2.62. The van der Waals surface area contributed by atoms with Gasteiger partial charge in [-0.25, -0.2) is 0 Å². The Balaban J connectivity index is 1.35. The molecule has 1 saturated heterocycles. The highest BCUT2D eigenvalue weighted by molar-refractivity contribution is 8.15. The van der Waals surface area contributed by atoms with Gasteiger partial charge in [0.15, 0.2) is 5.17 Å². The molecule has 0 bridgehead atoms. The van der Waals surface area contributed by atoms with Crippen LogP contribution >= 0.6 is 35.1 Å². The molecule has 1 amide bonds. The van der Waals surface area contributed by atoms with Gasteiger partial charge in [0.25, 0.3) is 5.76 Å². The molecule has 2 heterocycles. The van der Waals surface area contributed by atoms with Gasteiger partial charge in [-0.1, -0.05) is 59.4 Å². The van der Waals surface area contributed by atoms with E-state index in [0.29, 0.717) is 44.8 Å². The molecule has 1 atom stereocenters. The summed E-state index contributed by atoms with van der Waals surface area (Å²) in [4.78, 5) is 12.7. The lowest BCUT2D eigenvalue weighted by atomic mass is 10.1. The number of nitrogens with one attached hydrogen (secondary N) is 1. The number of nitrogens with zero attached hydrogens (tertiary/aromatic N) is 2. The summed E-state index contributed by atoms with van der Waals surface area (Å²) in [5.74, 6) is -1.52. The van der Waals surface area contributed by atoms with Crippen molar-refractivity contribution in [3.05, 3.63) is 77.0 Å². The van der Waals surface area contributed by atoms with Crippen molar-refractivity contribution in [2.45, 2.75) is 22.3 Å². The number of furan rings is 1. The maximum Gasteiger partial charge on any atom is 0.288 e. The van der Waals surface area contributed by atoms with E-state index in [1.807, 2.05) is 18.2 Å². The zero-order chi connectivity index (χ0) is 22.5. The van der Waals surface area contributed by atoms with Crippen molar-refractivity contribution in [2.24, 2.45) is 10.2 Å². The number of carbonyl (C=O) groups excluding carboxylic acids is 1. The molecule has 1 N–H and O–H groups in total. The minimum Gasteiger partial charge on any atom is -0.455 e. The number of rotatable bonds is 7. The standard InChI is InChI=1S/C22H16ClF2N3O2S2/c23-17-4-2-1-3-16(17)18-10-7-14(30-18)12-26-28-22-27-20(29)19(32-22)11-13-5-8-15(9-6-13)31-21(24)25/h1-10,12,19,21H,11H2,(H,27,28,29). The molecule has 3 aromatic rings. The van der Waals surface area contributed by atoms with E-state index in [-0.39, 0.29) is 11.2 Å². The van der Waals surface area contributed by atoms with Crippen LogP contribution in [0.1, 0.15) is 11.3 Å². The average molecular weight is 492 g/mol. The number of hydrogen-bond acceptors (Lipinski definition) is 6. The Bertz CT molecular complexity index is 1170. The zero-order valence-electron chi connectivity index (χ0n) is 16.4. The zero-order valence-corrected chi connectivity index (χ0v) is 18.8. The predicted octanol–water partition coefficient (Wildman–Crippen LogP) is 6.08. The Morgan fingerprint density at radius 2 is 1.94 bits per heavy atom. The van der Waals surface area contributed by atoms with Crippen LogP contribution in [0.2, 0.25) is 5.02 Å². The van der Waals surface area contributed by atoms with Gasteiger partial charge in [-0.15, -0.1) is 5.10 Å². The van der Waals surface area contributed by atoms with E-state index in [1.54, 1.807) is 42.5 Å². The molecule has 1 fully saturated rings. The monoisotopic (exact) mass is 491 g/mol. The minimum atomic E-state index is -2.46. The summed E-state index contributed by atoms with van der Waals surface area (Å²) in [7, 11) is 0. The smallest absolute Gasteiger partial charge is 0.288 e. The van der Waals surface area contributed by atoms with Crippen molar-refractivity contribution in [2.75, 3.05) is 0 Å². The molecule has 0 radical (unpaired) electrons. The number of amides is 1. The molecule has 164 valence electrons. The van der Waals surface area contributed by atoms with Crippen molar-refractivity contribution in [1.29, 1.82) is 0 Å². The molecule has 1 aliphatic heterocycles. The van der Waals surface area contributed by atoms with Crippen LogP contribution in [-0.4, -0.2) is 28.3 Å².